The molecule has 1 aromatic rings. The van der Waals surface area contributed by atoms with Gasteiger partial charge in [0.25, 0.3) is 0 Å². The number of anilines is 1. The highest BCUT2D eigenvalue weighted by molar-refractivity contribution is 6.02. The van der Waals surface area contributed by atoms with Crippen LogP contribution in [0.25, 0.3) is 5.57 Å². The van der Waals surface area contributed by atoms with Crippen LogP contribution in [-0.2, 0) is 0 Å². The Balaban J connectivity index is 2.46. The fourth-order valence-electron chi connectivity index (χ4n) is 1.62. The monoisotopic (exact) mass is 202 g/mol. The number of Topliss-reactive ketones (excluding diaryl/α,β-unsaturated/α-hetero) is 1. The molecule has 0 atom stereocenters. The number of aromatic nitrogens is 1. The standard InChI is InChI=1S/C12H14N2O/c1-3-8(2)10-5-4-9-11(15)6-7-13-12(9)14-10/h3-5H,6-7H2,1-2H3,(H,13,14). The minimum atomic E-state index is 0.181. The molecule has 3 nitrogen and oxygen atoms in total. The van der Waals surface area contributed by atoms with Gasteiger partial charge in [0.05, 0.1) is 11.3 Å². The number of allylic oxidation sites excluding steroid dienone is 2. The van der Waals surface area contributed by atoms with E-state index in [0.717, 1.165) is 17.1 Å². The molecule has 0 saturated heterocycles. The van der Waals surface area contributed by atoms with Gasteiger partial charge < -0.3 is 5.32 Å². The number of carbonyl (C=O) groups is 1. The second-order valence-electron chi connectivity index (χ2n) is 3.66. The highest BCUT2D eigenvalue weighted by atomic mass is 16.1. The van der Waals surface area contributed by atoms with Gasteiger partial charge in [-0.3, -0.25) is 4.79 Å². The normalized spacial score (nSPS) is 15.9. The molecule has 0 aliphatic carbocycles. The highest BCUT2D eigenvalue weighted by Crippen LogP contribution is 2.22. The molecule has 1 aliphatic rings. The summed E-state index contributed by atoms with van der Waals surface area (Å²) in [5, 5.41) is 3.15. The fraction of sp³-hybridized carbons (Fsp3) is 0.333. The van der Waals surface area contributed by atoms with Gasteiger partial charge in [0.2, 0.25) is 0 Å². The number of hydrogen-bond acceptors (Lipinski definition) is 3. The van der Waals surface area contributed by atoms with Crippen molar-refractivity contribution in [2.75, 3.05) is 11.9 Å². The number of ketones is 1. The van der Waals surface area contributed by atoms with Crippen LogP contribution in [0.3, 0.4) is 0 Å². The zero-order valence-corrected chi connectivity index (χ0v) is 9.00. The van der Waals surface area contributed by atoms with Crippen molar-refractivity contribution >= 4 is 17.2 Å². The minimum Gasteiger partial charge on any atom is -0.369 e. The van der Waals surface area contributed by atoms with Crippen LogP contribution in [0, 0.1) is 0 Å². The van der Waals surface area contributed by atoms with Gasteiger partial charge in [-0.15, -0.1) is 0 Å². The molecule has 2 heterocycles. The van der Waals surface area contributed by atoms with Crippen molar-refractivity contribution in [3.05, 3.63) is 29.5 Å². The van der Waals surface area contributed by atoms with Crippen molar-refractivity contribution in [2.24, 2.45) is 0 Å². The van der Waals surface area contributed by atoms with Gasteiger partial charge in [0, 0.05) is 13.0 Å². The molecule has 0 unspecified atom stereocenters. The molecule has 0 aromatic carbocycles. The first-order chi connectivity index (χ1) is 7.22. The van der Waals surface area contributed by atoms with Gasteiger partial charge in [-0.05, 0) is 31.6 Å². The summed E-state index contributed by atoms with van der Waals surface area (Å²) in [5.74, 6) is 0.908. The molecule has 15 heavy (non-hydrogen) atoms. The Hall–Kier alpha value is -1.64. The van der Waals surface area contributed by atoms with Crippen LogP contribution in [0.5, 0.6) is 0 Å². The topological polar surface area (TPSA) is 42.0 Å². The quantitative estimate of drug-likeness (QED) is 0.760. The van der Waals surface area contributed by atoms with E-state index in [2.05, 4.69) is 10.3 Å². The number of carbonyl (C=O) groups excluding carboxylic acids is 1. The molecule has 0 spiro atoms. The maximum atomic E-state index is 11.5. The predicted molar refractivity (Wildman–Crippen MR) is 61.0 cm³/mol. The molecule has 1 aromatic heterocycles. The van der Waals surface area contributed by atoms with Crippen LogP contribution in [0.2, 0.25) is 0 Å². The Morgan fingerprint density at radius 1 is 1.53 bits per heavy atom. The van der Waals surface area contributed by atoms with Crippen molar-refractivity contribution in [1.82, 2.24) is 4.98 Å². The lowest BCUT2D eigenvalue weighted by atomic mass is 10.0. The maximum Gasteiger partial charge on any atom is 0.168 e. The highest BCUT2D eigenvalue weighted by Gasteiger charge is 2.17. The smallest absolute Gasteiger partial charge is 0.168 e. The molecular weight excluding hydrogens is 188 g/mol. The van der Waals surface area contributed by atoms with Gasteiger partial charge in [0.1, 0.15) is 5.82 Å². The second kappa shape index (κ2) is 3.85. The summed E-state index contributed by atoms with van der Waals surface area (Å²) < 4.78 is 0. The van der Waals surface area contributed by atoms with Crippen LogP contribution in [0.4, 0.5) is 5.82 Å². The molecule has 0 amide bonds. The third kappa shape index (κ3) is 1.77. The Labute approximate surface area is 89.2 Å². The van der Waals surface area contributed by atoms with E-state index in [1.807, 2.05) is 32.1 Å². The van der Waals surface area contributed by atoms with Crippen LogP contribution < -0.4 is 5.32 Å². The average Bonchev–Trinajstić information content (AvgIpc) is 2.28. The second-order valence-corrected chi connectivity index (χ2v) is 3.66. The molecule has 1 N–H and O–H groups in total. The zero-order chi connectivity index (χ0) is 10.8. The first kappa shape index (κ1) is 9.90. The minimum absolute atomic E-state index is 0.181. The van der Waals surface area contributed by atoms with Crippen molar-refractivity contribution < 1.29 is 4.79 Å². The molecule has 78 valence electrons. The van der Waals surface area contributed by atoms with E-state index in [1.165, 1.54) is 0 Å². The molecule has 0 bridgehead atoms. The third-order valence-corrected chi connectivity index (χ3v) is 2.68. The lowest BCUT2D eigenvalue weighted by Crippen LogP contribution is -2.19. The van der Waals surface area contributed by atoms with Gasteiger partial charge in [0.15, 0.2) is 5.78 Å². The molecule has 0 radical (unpaired) electrons. The van der Waals surface area contributed by atoms with Crippen LogP contribution in [-0.4, -0.2) is 17.3 Å². The van der Waals surface area contributed by atoms with E-state index in [-0.39, 0.29) is 5.78 Å². The fourth-order valence-corrected chi connectivity index (χ4v) is 1.62. The van der Waals surface area contributed by atoms with Crippen LogP contribution in [0.1, 0.15) is 36.3 Å². The van der Waals surface area contributed by atoms with Crippen molar-refractivity contribution in [3.8, 4) is 0 Å². The average molecular weight is 202 g/mol. The number of fused-ring (bicyclic) bond motifs is 1. The number of hydrogen-bond donors (Lipinski definition) is 1. The summed E-state index contributed by atoms with van der Waals surface area (Å²) in [6.07, 6.45) is 2.58. The first-order valence-corrected chi connectivity index (χ1v) is 5.14. The molecule has 0 fully saturated rings. The summed E-state index contributed by atoms with van der Waals surface area (Å²) in [7, 11) is 0. The Morgan fingerprint density at radius 3 is 3.07 bits per heavy atom. The van der Waals surface area contributed by atoms with E-state index in [4.69, 9.17) is 0 Å². The van der Waals surface area contributed by atoms with E-state index < -0.39 is 0 Å². The number of nitrogens with one attached hydrogen (secondary N) is 1. The summed E-state index contributed by atoms with van der Waals surface area (Å²) in [6.45, 7) is 4.69. The molecule has 0 saturated carbocycles. The van der Waals surface area contributed by atoms with E-state index in [0.29, 0.717) is 18.5 Å². The van der Waals surface area contributed by atoms with Crippen molar-refractivity contribution in [3.63, 3.8) is 0 Å². The Bertz CT molecular complexity index is 435. The molecular formula is C12H14N2O. The molecule has 2 rings (SSSR count). The summed E-state index contributed by atoms with van der Waals surface area (Å²) in [5.41, 5.74) is 2.77. The van der Waals surface area contributed by atoms with Crippen LogP contribution in [0.15, 0.2) is 18.2 Å². The number of pyridine rings is 1. The van der Waals surface area contributed by atoms with Gasteiger partial charge in [-0.2, -0.15) is 0 Å². The SMILES string of the molecule is CC=C(C)c1ccc2c(n1)NCCC2=O. The largest absolute Gasteiger partial charge is 0.369 e. The van der Waals surface area contributed by atoms with Crippen LogP contribution >= 0.6 is 0 Å². The van der Waals surface area contributed by atoms with E-state index in [9.17, 15) is 4.79 Å². The van der Waals surface area contributed by atoms with Gasteiger partial charge in [-0.25, -0.2) is 4.98 Å². The first-order valence-electron chi connectivity index (χ1n) is 5.14. The Morgan fingerprint density at radius 2 is 2.33 bits per heavy atom. The summed E-state index contributed by atoms with van der Waals surface area (Å²) in [6, 6.07) is 3.76. The third-order valence-electron chi connectivity index (χ3n) is 2.68. The van der Waals surface area contributed by atoms with Gasteiger partial charge in [-0.1, -0.05) is 6.08 Å². The Kier molecular flexibility index (Phi) is 2.54. The van der Waals surface area contributed by atoms with E-state index >= 15 is 0 Å². The zero-order valence-electron chi connectivity index (χ0n) is 9.00. The lowest BCUT2D eigenvalue weighted by Gasteiger charge is -2.16. The number of rotatable bonds is 1. The summed E-state index contributed by atoms with van der Waals surface area (Å²) in [4.78, 5) is 16.0. The predicted octanol–water partition coefficient (Wildman–Crippen LogP) is 2.50. The van der Waals surface area contributed by atoms with Crippen molar-refractivity contribution in [2.45, 2.75) is 20.3 Å². The lowest BCUT2D eigenvalue weighted by molar-refractivity contribution is 0.0983. The van der Waals surface area contributed by atoms with E-state index in [1.54, 1.807) is 0 Å². The molecule has 3 heteroatoms. The number of nitrogens with zero attached hydrogens (tertiary/aromatic N) is 1. The molecule has 1 aliphatic heterocycles. The van der Waals surface area contributed by atoms with Crippen molar-refractivity contribution in [1.29, 1.82) is 0 Å². The van der Waals surface area contributed by atoms with Gasteiger partial charge >= 0.3 is 0 Å². The summed E-state index contributed by atoms with van der Waals surface area (Å²) >= 11 is 0. The maximum absolute atomic E-state index is 11.5.